The third-order valence-corrected chi connectivity index (χ3v) is 3.06. The lowest BCUT2D eigenvalue weighted by Crippen LogP contribution is -2.32. The van der Waals surface area contributed by atoms with Crippen LogP contribution in [-0.4, -0.2) is 25.2 Å². The van der Waals surface area contributed by atoms with Crippen LogP contribution >= 0.6 is 0 Å². The molecule has 1 heterocycles. The summed E-state index contributed by atoms with van der Waals surface area (Å²) in [7, 11) is 0. The fourth-order valence-corrected chi connectivity index (χ4v) is 2.02. The van der Waals surface area contributed by atoms with Crippen LogP contribution in [0.1, 0.15) is 25.3 Å². The molecule has 1 atom stereocenters. The smallest absolute Gasteiger partial charge is 0.247 e. The van der Waals surface area contributed by atoms with Gasteiger partial charge in [-0.15, -0.1) is 0 Å². The number of nitrogens with one attached hydrogen (secondary N) is 1. The Morgan fingerprint density at radius 1 is 1.44 bits per heavy atom. The Morgan fingerprint density at radius 3 is 2.89 bits per heavy atom. The first-order valence-electron chi connectivity index (χ1n) is 6.39. The number of rotatable bonds is 4. The molecule has 3 nitrogen and oxygen atoms in total. The van der Waals surface area contributed by atoms with Gasteiger partial charge >= 0.3 is 0 Å². The van der Waals surface area contributed by atoms with E-state index in [1.54, 1.807) is 0 Å². The Kier molecular flexibility index (Phi) is 4.53. The quantitative estimate of drug-likeness (QED) is 0.827. The second kappa shape index (κ2) is 6.36. The molecule has 0 spiro atoms. The first-order valence-corrected chi connectivity index (χ1v) is 6.39. The fraction of sp³-hybridized carbons (Fsp3) is 0.400. The van der Waals surface area contributed by atoms with Gasteiger partial charge in [0.05, 0.1) is 6.10 Å². The summed E-state index contributed by atoms with van der Waals surface area (Å²) < 4.78 is 5.47. The zero-order valence-electron chi connectivity index (χ0n) is 10.7. The Labute approximate surface area is 108 Å². The van der Waals surface area contributed by atoms with Crippen molar-refractivity contribution in [2.24, 2.45) is 0 Å². The summed E-state index contributed by atoms with van der Waals surface area (Å²) >= 11 is 0. The summed E-state index contributed by atoms with van der Waals surface area (Å²) in [6.07, 6.45) is 4.23. The van der Waals surface area contributed by atoms with Crippen LogP contribution in [0.2, 0.25) is 0 Å². The zero-order chi connectivity index (χ0) is 12.8. The van der Waals surface area contributed by atoms with E-state index in [2.05, 4.69) is 5.32 Å². The molecular formula is C15H19NO2. The summed E-state index contributed by atoms with van der Waals surface area (Å²) in [4.78, 5) is 11.9. The highest BCUT2D eigenvalue weighted by Gasteiger charge is 2.16. The van der Waals surface area contributed by atoms with Crippen molar-refractivity contribution in [3.8, 4) is 0 Å². The molecule has 1 fully saturated rings. The normalized spacial score (nSPS) is 19.8. The summed E-state index contributed by atoms with van der Waals surface area (Å²) in [5.74, 6) is -0.0191. The average molecular weight is 245 g/mol. The van der Waals surface area contributed by atoms with Gasteiger partial charge in [-0.05, 0) is 31.4 Å². The number of ether oxygens (including phenoxy) is 1. The molecule has 0 saturated carbocycles. The predicted octanol–water partition coefficient (Wildman–Crippen LogP) is 2.39. The molecule has 1 N–H and O–H groups in total. The van der Waals surface area contributed by atoms with E-state index in [1.165, 1.54) is 0 Å². The predicted molar refractivity (Wildman–Crippen MR) is 72.1 cm³/mol. The van der Waals surface area contributed by atoms with Crippen molar-refractivity contribution in [2.45, 2.75) is 25.9 Å². The van der Waals surface area contributed by atoms with Crippen LogP contribution in [0.3, 0.4) is 0 Å². The van der Waals surface area contributed by atoms with Gasteiger partial charge < -0.3 is 10.1 Å². The van der Waals surface area contributed by atoms with Crippen molar-refractivity contribution in [1.82, 2.24) is 5.32 Å². The molecule has 1 aliphatic rings. The summed E-state index contributed by atoms with van der Waals surface area (Å²) in [6, 6.07) is 9.85. The van der Waals surface area contributed by atoms with Crippen LogP contribution < -0.4 is 5.32 Å². The molecule has 1 saturated heterocycles. The molecule has 1 aromatic carbocycles. The van der Waals surface area contributed by atoms with Crippen LogP contribution in [-0.2, 0) is 9.53 Å². The standard InChI is InChI=1S/C15H19NO2/c1-12(10-13-6-3-2-4-7-13)15(17)16-11-14-8-5-9-18-14/h2-4,6-7,10,14H,5,8-9,11H2,1H3,(H,16,17)/b12-10+/t14-/m1/s1. The Bertz CT molecular complexity index is 419. The van der Waals surface area contributed by atoms with Gasteiger partial charge in [-0.25, -0.2) is 0 Å². The van der Waals surface area contributed by atoms with Gasteiger partial charge in [0.25, 0.3) is 0 Å². The van der Waals surface area contributed by atoms with Crippen LogP contribution in [0.5, 0.6) is 0 Å². The van der Waals surface area contributed by atoms with Gasteiger partial charge in [-0.3, -0.25) is 4.79 Å². The number of benzene rings is 1. The molecule has 0 radical (unpaired) electrons. The number of hydrogen-bond acceptors (Lipinski definition) is 2. The summed E-state index contributed by atoms with van der Waals surface area (Å²) in [6.45, 7) is 3.26. The molecule has 18 heavy (non-hydrogen) atoms. The maximum atomic E-state index is 11.9. The largest absolute Gasteiger partial charge is 0.376 e. The zero-order valence-corrected chi connectivity index (χ0v) is 10.7. The molecule has 0 aromatic heterocycles. The maximum absolute atomic E-state index is 11.9. The highest BCUT2D eigenvalue weighted by Crippen LogP contribution is 2.11. The molecule has 2 rings (SSSR count). The van der Waals surface area contributed by atoms with Crippen LogP contribution in [0, 0.1) is 0 Å². The van der Waals surface area contributed by atoms with Gasteiger partial charge in [0.1, 0.15) is 0 Å². The molecule has 1 amide bonds. The second-order valence-corrected chi connectivity index (χ2v) is 4.58. The Balaban J connectivity index is 1.86. The lowest BCUT2D eigenvalue weighted by atomic mass is 10.1. The van der Waals surface area contributed by atoms with Crippen molar-refractivity contribution in [3.63, 3.8) is 0 Å². The van der Waals surface area contributed by atoms with E-state index < -0.39 is 0 Å². The van der Waals surface area contributed by atoms with Crippen LogP contribution in [0.15, 0.2) is 35.9 Å². The fourth-order valence-electron chi connectivity index (χ4n) is 2.02. The van der Waals surface area contributed by atoms with Gasteiger partial charge in [0.15, 0.2) is 0 Å². The highest BCUT2D eigenvalue weighted by atomic mass is 16.5. The van der Waals surface area contributed by atoms with E-state index in [1.807, 2.05) is 43.3 Å². The second-order valence-electron chi connectivity index (χ2n) is 4.58. The van der Waals surface area contributed by atoms with Crippen LogP contribution in [0.4, 0.5) is 0 Å². The molecule has 96 valence electrons. The molecular weight excluding hydrogens is 226 g/mol. The van der Waals surface area contributed by atoms with E-state index in [-0.39, 0.29) is 12.0 Å². The van der Waals surface area contributed by atoms with E-state index in [0.29, 0.717) is 6.54 Å². The minimum atomic E-state index is -0.0191. The molecule has 0 aliphatic carbocycles. The number of carbonyl (C=O) groups is 1. The van der Waals surface area contributed by atoms with Gasteiger partial charge in [-0.2, -0.15) is 0 Å². The molecule has 1 aromatic rings. The molecule has 0 unspecified atom stereocenters. The average Bonchev–Trinajstić information content (AvgIpc) is 2.90. The Hall–Kier alpha value is -1.61. The number of amides is 1. The van der Waals surface area contributed by atoms with Crippen molar-refractivity contribution >= 4 is 12.0 Å². The van der Waals surface area contributed by atoms with E-state index >= 15 is 0 Å². The monoisotopic (exact) mass is 245 g/mol. The van der Waals surface area contributed by atoms with Crippen LogP contribution in [0.25, 0.3) is 6.08 Å². The summed E-state index contributed by atoms with van der Waals surface area (Å²) in [5.41, 5.74) is 1.77. The topological polar surface area (TPSA) is 38.3 Å². The van der Waals surface area contributed by atoms with Gasteiger partial charge in [0.2, 0.25) is 5.91 Å². The van der Waals surface area contributed by atoms with Crippen molar-refractivity contribution in [3.05, 3.63) is 41.5 Å². The first-order chi connectivity index (χ1) is 8.75. The maximum Gasteiger partial charge on any atom is 0.247 e. The Morgan fingerprint density at radius 2 is 2.22 bits per heavy atom. The first kappa shape index (κ1) is 12.8. The number of carbonyl (C=O) groups excluding carboxylic acids is 1. The van der Waals surface area contributed by atoms with Crippen molar-refractivity contribution in [1.29, 1.82) is 0 Å². The lowest BCUT2D eigenvalue weighted by molar-refractivity contribution is -0.117. The lowest BCUT2D eigenvalue weighted by Gasteiger charge is -2.10. The summed E-state index contributed by atoms with van der Waals surface area (Å²) in [5, 5.41) is 2.91. The van der Waals surface area contributed by atoms with E-state index in [9.17, 15) is 4.79 Å². The van der Waals surface area contributed by atoms with Gasteiger partial charge in [0, 0.05) is 18.7 Å². The third-order valence-electron chi connectivity index (χ3n) is 3.06. The highest BCUT2D eigenvalue weighted by molar-refractivity contribution is 5.97. The molecule has 3 heteroatoms. The SMILES string of the molecule is C/C(=C\c1ccccc1)C(=O)NC[C@H]1CCCO1. The third kappa shape index (κ3) is 3.70. The van der Waals surface area contributed by atoms with Crippen molar-refractivity contribution < 1.29 is 9.53 Å². The minimum absolute atomic E-state index is 0.0191. The molecule has 0 bridgehead atoms. The van der Waals surface area contributed by atoms with Crippen molar-refractivity contribution in [2.75, 3.05) is 13.2 Å². The minimum Gasteiger partial charge on any atom is -0.376 e. The van der Waals surface area contributed by atoms with Gasteiger partial charge in [-0.1, -0.05) is 30.3 Å². The molecule has 1 aliphatic heterocycles. The number of hydrogen-bond donors (Lipinski definition) is 1. The van der Waals surface area contributed by atoms with E-state index in [0.717, 1.165) is 30.6 Å². The van der Waals surface area contributed by atoms with E-state index in [4.69, 9.17) is 4.74 Å².